The molecule has 2 amide bonds. The first kappa shape index (κ1) is 54.8. The van der Waals surface area contributed by atoms with Crippen LogP contribution in [-0.2, 0) is 23.9 Å². The van der Waals surface area contributed by atoms with E-state index >= 15 is 0 Å². The third-order valence-corrected chi connectivity index (χ3v) is 10.3. The van der Waals surface area contributed by atoms with Crippen molar-refractivity contribution >= 4 is 23.8 Å². The van der Waals surface area contributed by atoms with Crippen LogP contribution in [0.25, 0.3) is 0 Å². The smallest absolute Gasteiger partial charge is 0.328 e. The van der Waals surface area contributed by atoms with Gasteiger partial charge in [0.05, 0.1) is 13.2 Å². The Labute approximate surface area is 354 Å². The van der Waals surface area contributed by atoms with Gasteiger partial charge in [0.2, 0.25) is 11.8 Å². The minimum atomic E-state index is -1.39. The Bertz CT molecular complexity index is 1120. The molecule has 0 rings (SSSR count). The van der Waals surface area contributed by atoms with E-state index in [-0.39, 0.29) is 30.9 Å². The van der Waals surface area contributed by atoms with Crippen LogP contribution in [0.1, 0.15) is 213 Å². The van der Waals surface area contributed by atoms with E-state index in [1.807, 2.05) is 6.08 Å². The summed E-state index contributed by atoms with van der Waals surface area (Å²) in [4.78, 5) is 47.6. The largest absolute Gasteiger partial charge is 0.480 e. The number of esters is 1. The van der Waals surface area contributed by atoms with E-state index in [0.29, 0.717) is 12.8 Å². The second-order valence-electron chi connectivity index (χ2n) is 15.8. The highest BCUT2D eigenvalue weighted by Gasteiger charge is 2.18. The van der Waals surface area contributed by atoms with Crippen molar-refractivity contribution in [1.29, 1.82) is 0 Å². The van der Waals surface area contributed by atoms with Crippen LogP contribution in [-0.4, -0.2) is 59.3 Å². The molecule has 0 bridgehead atoms. The quantitative estimate of drug-likeness (QED) is 0.0273. The maximum atomic E-state index is 12.8. The van der Waals surface area contributed by atoms with E-state index < -0.39 is 24.5 Å². The summed E-state index contributed by atoms with van der Waals surface area (Å²) < 4.78 is 5.93. The summed E-state index contributed by atoms with van der Waals surface area (Å²) in [6.45, 7) is 3.36. The lowest BCUT2D eigenvalue weighted by Gasteiger charge is -2.15. The minimum Gasteiger partial charge on any atom is -0.480 e. The number of amides is 2. The molecule has 9 nitrogen and oxygen atoms in total. The average Bonchev–Trinajstić information content (AvgIpc) is 3.21. The number of hydrogen-bond acceptors (Lipinski definition) is 6. The summed E-state index contributed by atoms with van der Waals surface area (Å²) in [6, 6.07) is -1.39. The van der Waals surface area contributed by atoms with E-state index in [1.54, 1.807) is 0 Å². The van der Waals surface area contributed by atoms with Crippen LogP contribution >= 0.6 is 0 Å². The number of hydrogen-bond donors (Lipinski definition) is 4. The van der Waals surface area contributed by atoms with E-state index in [0.717, 1.165) is 70.6 Å². The molecule has 0 radical (unpaired) electrons. The lowest BCUT2D eigenvalue weighted by Crippen LogP contribution is -2.47. The van der Waals surface area contributed by atoms with Crippen LogP contribution in [0.5, 0.6) is 0 Å². The van der Waals surface area contributed by atoms with Crippen LogP contribution in [0.2, 0.25) is 0 Å². The average molecular weight is 815 g/mol. The number of unbranched alkanes of at least 4 members (excludes halogenated alkanes) is 22. The van der Waals surface area contributed by atoms with Crippen molar-refractivity contribution < 1.29 is 34.1 Å². The van der Waals surface area contributed by atoms with Gasteiger partial charge in [0.1, 0.15) is 12.1 Å². The maximum Gasteiger partial charge on any atom is 0.328 e. The van der Waals surface area contributed by atoms with E-state index in [1.165, 1.54) is 109 Å². The molecule has 0 aromatic carbocycles. The van der Waals surface area contributed by atoms with Crippen LogP contribution in [0.15, 0.2) is 48.6 Å². The molecule has 58 heavy (non-hydrogen) atoms. The zero-order valence-electron chi connectivity index (χ0n) is 37.0. The summed E-state index contributed by atoms with van der Waals surface area (Å²) in [6.07, 6.45) is 51.7. The first-order valence-electron chi connectivity index (χ1n) is 23.5. The molecule has 4 N–H and O–H groups in total. The normalized spacial score (nSPS) is 12.9. The van der Waals surface area contributed by atoms with Crippen molar-refractivity contribution in [3.8, 4) is 0 Å². The number of nitrogens with one attached hydrogen (secondary N) is 2. The third kappa shape index (κ3) is 39.6. The Morgan fingerprint density at radius 2 is 0.966 bits per heavy atom. The number of aliphatic hydroxyl groups is 1. The molecule has 0 aromatic heterocycles. The Morgan fingerprint density at radius 3 is 1.43 bits per heavy atom. The van der Waals surface area contributed by atoms with Crippen molar-refractivity contribution in [2.75, 3.05) is 13.2 Å². The monoisotopic (exact) mass is 815 g/mol. The highest BCUT2D eigenvalue weighted by atomic mass is 16.5. The third-order valence-electron chi connectivity index (χ3n) is 10.3. The SMILES string of the molecule is CC/C=C\C/C=C\C/C=C\C/C=C\C(CCCCCCCC(=O)NCC(=O)NC(CO)C(=O)O)OC(=O)CCCCCCCCCCCCCCCCCCCCC. The zero-order valence-corrected chi connectivity index (χ0v) is 37.0. The molecule has 334 valence electrons. The first-order valence-corrected chi connectivity index (χ1v) is 23.5. The summed E-state index contributed by atoms with van der Waals surface area (Å²) >= 11 is 0. The van der Waals surface area contributed by atoms with Crippen LogP contribution < -0.4 is 10.6 Å². The van der Waals surface area contributed by atoms with Gasteiger partial charge in [-0.05, 0) is 57.4 Å². The predicted molar refractivity (Wildman–Crippen MR) is 241 cm³/mol. The summed E-state index contributed by atoms with van der Waals surface area (Å²) in [5.41, 5.74) is 0. The summed E-state index contributed by atoms with van der Waals surface area (Å²) in [5, 5.41) is 22.6. The molecule has 9 heteroatoms. The number of aliphatic carboxylic acids is 1. The minimum absolute atomic E-state index is 0.117. The Hall–Kier alpha value is -3.20. The Balaban J connectivity index is 4.30. The molecule has 0 aromatic rings. The van der Waals surface area contributed by atoms with E-state index in [4.69, 9.17) is 14.9 Å². The van der Waals surface area contributed by atoms with Crippen molar-refractivity contribution in [1.82, 2.24) is 10.6 Å². The molecule has 0 spiro atoms. The van der Waals surface area contributed by atoms with Crippen molar-refractivity contribution in [3.63, 3.8) is 0 Å². The molecular weight excluding hydrogens is 729 g/mol. The van der Waals surface area contributed by atoms with Gasteiger partial charge < -0.3 is 25.6 Å². The van der Waals surface area contributed by atoms with Crippen LogP contribution in [0.3, 0.4) is 0 Å². The van der Waals surface area contributed by atoms with Crippen LogP contribution in [0, 0.1) is 0 Å². The van der Waals surface area contributed by atoms with Gasteiger partial charge in [-0.25, -0.2) is 4.79 Å². The summed E-state index contributed by atoms with van der Waals surface area (Å²) in [7, 11) is 0. The van der Waals surface area contributed by atoms with Gasteiger partial charge >= 0.3 is 11.9 Å². The number of carboxylic acid groups (broad SMARTS) is 1. The second kappa shape index (κ2) is 43.4. The van der Waals surface area contributed by atoms with Gasteiger partial charge in [-0.1, -0.05) is 191 Å². The van der Waals surface area contributed by atoms with Gasteiger partial charge in [-0.3, -0.25) is 14.4 Å². The first-order chi connectivity index (χ1) is 28.3. The number of carbonyl (C=O) groups excluding carboxylic acids is 3. The Kier molecular flexibility index (Phi) is 41.0. The molecule has 0 saturated heterocycles. The highest BCUT2D eigenvalue weighted by Crippen LogP contribution is 2.17. The number of rotatable bonds is 42. The number of allylic oxidation sites excluding steroid dienone is 7. The van der Waals surface area contributed by atoms with Gasteiger partial charge in [-0.2, -0.15) is 0 Å². The molecule has 2 atom stereocenters. The molecule has 0 fully saturated rings. The molecule has 0 aliphatic carbocycles. The van der Waals surface area contributed by atoms with E-state index in [9.17, 15) is 19.2 Å². The molecular formula is C49H86N2O7. The molecule has 0 aliphatic rings. The maximum absolute atomic E-state index is 12.8. The standard InChI is InChI=1S/C49H86N2O7/c1-3-5-7-9-11-13-15-16-17-18-19-20-21-22-24-26-28-33-37-41-48(55)58-44(38-34-30-27-25-23-14-12-10-8-6-4-2)39-35-31-29-32-36-40-46(53)50-42-47(54)51-45(43-52)49(56)57/h6,8,12,14,25,27,34,38,44-45,52H,3-5,7,9-11,13,15-24,26,28-33,35-37,39-43H2,1-2H3,(H,50,53)(H,51,54)(H,56,57)/b8-6-,14-12-,27-25-,38-34-. The predicted octanol–water partition coefficient (Wildman–Crippen LogP) is 11.9. The van der Waals surface area contributed by atoms with Crippen molar-refractivity contribution in [2.45, 2.75) is 225 Å². The Morgan fingerprint density at radius 1 is 0.534 bits per heavy atom. The topological polar surface area (TPSA) is 142 Å². The number of carboxylic acids is 1. The fourth-order valence-electron chi connectivity index (χ4n) is 6.74. The lowest BCUT2D eigenvalue weighted by atomic mass is 10.0. The molecule has 2 unspecified atom stereocenters. The second-order valence-corrected chi connectivity index (χ2v) is 15.8. The van der Waals surface area contributed by atoms with Crippen molar-refractivity contribution in [2.24, 2.45) is 0 Å². The number of ether oxygens (including phenoxy) is 1. The van der Waals surface area contributed by atoms with Gasteiger partial charge in [0, 0.05) is 12.8 Å². The number of aliphatic hydroxyl groups excluding tert-OH is 1. The van der Waals surface area contributed by atoms with Gasteiger partial charge in [0.15, 0.2) is 0 Å². The fourth-order valence-corrected chi connectivity index (χ4v) is 6.74. The summed E-state index contributed by atoms with van der Waals surface area (Å²) in [5.74, 6) is -2.39. The molecule has 0 saturated carbocycles. The molecule has 0 aliphatic heterocycles. The van der Waals surface area contributed by atoms with Crippen LogP contribution in [0.4, 0.5) is 0 Å². The number of carbonyl (C=O) groups is 4. The van der Waals surface area contributed by atoms with Gasteiger partial charge in [0.25, 0.3) is 0 Å². The lowest BCUT2D eigenvalue weighted by molar-refractivity contribution is -0.147. The fraction of sp³-hybridized carbons (Fsp3) is 0.755. The highest BCUT2D eigenvalue weighted by molar-refractivity contribution is 5.87. The van der Waals surface area contributed by atoms with Crippen molar-refractivity contribution in [3.05, 3.63) is 48.6 Å². The van der Waals surface area contributed by atoms with Gasteiger partial charge in [-0.15, -0.1) is 0 Å². The molecule has 0 heterocycles. The van der Waals surface area contributed by atoms with E-state index in [2.05, 4.69) is 67.0 Å². The zero-order chi connectivity index (χ0) is 42.6.